The van der Waals surface area contributed by atoms with E-state index >= 15 is 0 Å². The van der Waals surface area contributed by atoms with Crippen LogP contribution in [0.15, 0.2) is 36.4 Å². The van der Waals surface area contributed by atoms with Crippen molar-refractivity contribution in [3.8, 4) is 5.69 Å². The molecule has 0 saturated heterocycles. The van der Waals surface area contributed by atoms with Gasteiger partial charge in [-0.05, 0) is 25.0 Å². The number of nitrogens with one attached hydrogen (secondary N) is 3. The number of rotatable bonds is 4. The van der Waals surface area contributed by atoms with E-state index in [2.05, 4.69) is 20.8 Å². The lowest BCUT2D eigenvalue weighted by Gasteiger charge is -2.13. The van der Waals surface area contributed by atoms with Gasteiger partial charge in [0.05, 0.1) is 11.4 Å². The van der Waals surface area contributed by atoms with Gasteiger partial charge in [-0.15, -0.1) is 0 Å². The number of H-pyrrole nitrogens is 1. The fraction of sp³-hybridized carbons (Fsp3) is 0.381. The summed E-state index contributed by atoms with van der Waals surface area (Å²) in [6, 6.07) is 12.0. The number of nitrogens with zero attached hydrogens (tertiary/aromatic N) is 3. The minimum atomic E-state index is -0.198. The Kier molecular flexibility index (Phi) is 4.44. The molecule has 1 aliphatic carbocycles. The Bertz CT molecular complexity index is 984. The fourth-order valence-electron chi connectivity index (χ4n) is 4.26. The van der Waals surface area contributed by atoms with E-state index < -0.39 is 0 Å². The van der Waals surface area contributed by atoms with Crippen molar-refractivity contribution in [3.05, 3.63) is 59.0 Å². The van der Waals surface area contributed by atoms with Crippen molar-refractivity contribution in [3.63, 3.8) is 0 Å². The van der Waals surface area contributed by atoms with Gasteiger partial charge in [0.2, 0.25) is 0 Å². The smallest absolute Gasteiger partial charge is 0.277 e. The number of carbonyl (C=O) groups excluding carboxylic acids is 1. The molecule has 3 heterocycles. The van der Waals surface area contributed by atoms with Crippen molar-refractivity contribution in [1.29, 1.82) is 0 Å². The lowest BCUT2D eigenvalue weighted by atomic mass is 10.0. The molecule has 1 aliphatic heterocycles. The van der Waals surface area contributed by atoms with Crippen LogP contribution < -0.4 is 10.6 Å². The molecule has 2 aromatic heterocycles. The third kappa shape index (κ3) is 3.11. The normalized spacial score (nSPS) is 16.9. The third-order valence-corrected chi connectivity index (χ3v) is 5.77. The zero-order valence-corrected chi connectivity index (χ0v) is 15.7. The molecule has 144 valence electrons. The summed E-state index contributed by atoms with van der Waals surface area (Å²) in [5, 5.41) is 18.5. The molecule has 3 N–H and O–H groups in total. The maximum Gasteiger partial charge on any atom is 0.277 e. The van der Waals surface area contributed by atoms with Gasteiger partial charge in [0.15, 0.2) is 5.69 Å². The molecule has 28 heavy (non-hydrogen) atoms. The molecular formula is C21H24N6O. The number of para-hydroxylation sites is 1. The van der Waals surface area contributed by atoms with E-state index in [1.54, 1.807) is 0 Å². The van der Waals surface area contributed by atoms with Crippen molar-refractivity contribution < 1.29 is 4.79 Å². The predicted octanol–water partition coefficient (Wildman–Crippen LogP) is 3.15. The lowest BCUT2D eigenvalue weighted by Crippen LogP contribution is -2.25. The average Bonchev–Trinajstić information content (AvgIpc) is 3.47. The fourth-order valence-corrected chi connectivity index (χ4v) is 4.26. The van der Waals surface area contributed by atoms with E-state index in [1.807, 2.05) is 41.1 Å². The van der Waals surface area contributed by atoms with E-state index in [1.165, 1.54) is 12.8 Å². The first-order chi connectivity index (χ1) is 13.8. The van der Waals surface area contributed by atoms with Crippen LogP contribution in [0.2, 0.25) is 0 Å². The number of anilines is 1. The van der Waals surface area contributed by atoms with Crippen molar-refractivity contribution in [1.82, 2.24) is 25.3 Å². The zero-order chi connectivity index (χ0) is 18.9. The summed E-state index contributed by atoms with van der Waals surface area (Å²) in [5.41, 5.74) is 4.47. The van der Waals surface area contributed by atoms with E-state index in [9.17, 15) is 4.79 Å². The zero-order valence-electron chi connectivity index (χ0n) is 15.7. The summed E-state index contributed by atoms with van der Waals surface area (Å²) in [5.74, 6) is 0.970. The van der Waals surface area contributed by atoms with Gasteiger partial charge in [-0.25, -0.2) is 4.68 Å². The topological polar surface area (TPSA) is 87.6 Å². The summed E-state index contributed by atoms with van der Waals surface area (Å²) >= 11 is 0. The van der Waals surface area contributed by atoms with E-state index in [4.69, 9.17) is 5.10 Å². The van der Waals surface area contributed by atoms with Crippen LogP contribution in [0.4, 0.5) is 5.82 Å². The molecule has 1 aromatic carbocycles. The van der Waals surface area contributed by atoms with Crippen molar-refractivity contribution >= 4 is 11.7 Å². The van der Waals surface area contributed by atoms with Crippen LogP contribution in [-0.4, -0.2) is 32.4 Å². The molecule has 1 fully saturated rings. The molecule has 1 saturated carbocycles. The van der Waals surface area contributed by atoms with Crippen LogP contribution in [0.1, 0.15) is 59.0 Å². The molecule has 5 rings (SSSR count). The molecular weight excluding hydrogens is 352 g/mol. The van der Waals surface area contributed by atoms with E-state index in [-0.39, 0.29) is 5.91 Å². The molecule has 1 amide bonds. The second kappa shape index (κ2) is 7.24. The first-order valence-electron chi connectivity index (χ1n) is 10.0. The summed E-state index contributed by atoms with van der Waals surface area (Å²) in [6.07, 6.45) is 5.69. The second-order valence-electron chi connectivity index (χ2n) is 7.59. The van der Waals surface area contributed by atoms with Gasteiger partial charge in [-0.2, -0.15) is 10.2 Å². The number of hydrogen-bond acceptors (Lipinski definition) is 4. The molecule has 0 spiro atoms. The van der Waals surface area contributed by atoms with Crippen molar-refractivity contribution in [2.75, 3.05) is 11.9 Å². The van der Waals surface area contributed by atoms with Gasteiger partial charge < -0.3 is 10.6 Å². The first kappa shape index (κ1) is 17.2. The summed E-state index contributed by atoms with van der Waals surface area (Å²) in [6.45, 7) is 1.57. The molecule has 3 aromatic rings. The Labute approximate surface area is 163 Å². The maximum absolute atomic E-state index is 13.0. The number of aromatic nitrogens is 4. The number of aromatic amines is 1. The Balaban J connectivity index is 1.48. The molecule has 7 heteroatoms. The van der Waals surface area contributed by atoms with Crippen LogP contribution in [0.25, 0.3) is 5.69 Å². The van der Waals surface area contributed by atoms with Crippen LogP contribution in [-0.2, 0) is 13.0 Å². The molecule has 0 bridgehead atoms. The highest BCUT2D eigenvalue weighted by Gasteiger charge is 2.25. The highest BCUT2D eigenvalue weighted by atomic mass is 16.2. The average molecular weight is 376 g/mol. The number of hydrogen-bond donors (Lipinski definition) is 3. The van der Waals surface area contributed by atoms with Crippen LogP contribution >= 0.6 is 0 Å². The monoisotopic (exact) mass is 376 g/mol. The van der Waals surface area contributed by atoms with Gasteiger partial charge in [-0.1, -0.05) is 31.0 Å². The molecule has 7 nitrogen and oxygen atoms in total. The minimum absolute atomic E-state index is 0.198. The quantitative estimate of drug-likeness (QED) is 0.653. The Morgan fingerprint density at radius 1 is 1.18 bits per heavy atom. The third-order valence-electron chi connectivity index (χ3n) is 5.77. The Morgan fingerprint density at radius 3 is 2.82 bits per heavy atom. The van der Waals surface area contributed by atoms with Gasteiger partial charge >= 0.3 is 0 Å². The largest absolute Gasteiger partial charge is 0.312 e. The highest BCUT2D eigenvalue weighted by molar-refractivity contribution is 6.03. The van der Waals surface area contributed by atoms with Crippen molar-refractivity contribution in [2.45, 2.75) is 44.6 Å². The highest BCUT2D eigenvalue weighted by Crippen LogP contribution is 2.35. The van der Waals surface area contributed by atoms with Crippen LogP contribution in [0.3, 0.4) is 0 Å². The van der Waals surface area contributed by atoms with Crippen LogP contribution in [0, 0.1) is 0 Å². The second-order valence-corrected chi connectivity index (χ2v) is 7.59. The number of benzene rings is 1. The minimum Gasteiger partial charge on any atom is -0.312 e. The standard InChI is InChI=1S/C21H24N6O/c28-21(20-16-13-22-11-10-17(16)24-25-20)23-19-12-18(14-6-4-5-7-14)26-27(19)15-8-2-1-3-9-15/h1-3,8-9,12,14,22H,4-7,10-11,13H2,(H,23,28)(H,24,25). The summed E-state index contributed by atoms with van der Waals surface area (Å²) in [7, 11) is 0. The lowest BCUT2D eigenvalue weighted by molar-refractivity contribution is 0.102. The van der Waals surface area contributed by atoms with Gasteiger partial charge in [0, 0.05) is 42.8 Å². The number of amides is 1. The van der Waals surface area contributed by atoms with Crippen molar-refractivity contribution in [2.24, 2.45) is 0 Å². The van der Waals surface area contributed by atoms with Gasteiger partial charge in [-0.3, -0.25) is 9.89 Å². The first-order valence-corrected chi connectivity index (χ1v) is 10.0. The predicted molar refractivity (Wildman–Crippen MR) is 107 cm³/mol. The molecule has 0 unspecified atom stereocenters. The Morgan fingerprint density at radius 2 is 2.00 bits per heavy atom. The maximum atomic E-state index is 13.0. The van der Waals surface area contributed by atoms with Gasteiger partial charge in [0.25, 0.3) is 5.91 Å². The Hall–Kier alpha value is -2.93. The molecule has 0 atom stereocenters. The summed E-state index contributed by atoms with van der Waals surface area (Å²) in [4.78, 5) is 13.0. The number of carbonyl (C=O) groups is 1. The number of fused-ring (bicyclic) bond motifs is 1. The van der Waals surface area contributed by atoms with Gasteiger partial charge in [0.1, 0.15) is 5.82 Å². The van der Waals surface area contributed by atoms with E-state index in [0.29, 0.717) is 24.0 Å². The van der Waals surface area contributed by atoms with E-state index in [0.717, 1.165) is 48.4 Å². The molecule has 2 aliphatic rings. The summed E-state index contributed by atoms with van der Waals surface area (Å²) < 4.78 is 1.84. The molecule has 0 radical (unpaired) electrons. The SMILES string of the molecule is O=C(Nc1cc(C2CCCC2)nn1-c1ccccc1)c1n[nH]c2c1CNCC2. The van der Waals surface area contributed by atoms with Crippen LogP contribution in [0.5, 0.6) is 0 Å².